The average molecular weight is 382 g/mol. The molecule has 2 aliphatic heterocycles. The Labute approximate surface area is 168 Å². The molecule has 4 rings (SSSR count). The summed E-state index contributed by atoms with van der Waals surface area (Å²) in [7, 11) is -0.572. The molecular formula is C23H31BO4. The fourth-order valence-corrected chi connectivity index (χ4v) is 5.10. The van der Waals surface area contributed by atoms with Crippen LogP contribution in [0.15, 0.2) is 17.7 Å². The topological polar surface area (TPSA) is 44.8 Å². The number of carbonyl (C=O) groups is 1. The van der Waals surface area contributed by atoms with Gasteiger partial charge in [-0.05, 0) is 64.9 Å². The zero-order valence-electron chi connectivity index (χ0n) is 17.8. The van der Waals surface area contributed by atoms with Crippen molar-refractivity contribution in [2.75, 3.05) is 0 Å². The highest BCUT2D eigenvalue weighted by atomic mass is 16.6. The molecule has 0 fully saturated rings. The van der Waals surface area contributed by atoms with Crippen LogP contribution in [-0.2, 0) is 11.1 Å². The van der Waals surface area contributed by atoms with Gasteiger partial charge in [0.15, 0.2) is 0 Å². The van der Waals surface area contributed by atoms with Crippen molar-refractivity contribution >= 4 is 13.1 Å². The predicted octanol–water partition coefficient (Wildman–Crippen LogP) is 5.70. The summed E-state index contributed by atoms with van der Waals surface area (Å²) in [6.07, 6.45) is 8.70. The van der Waals surface area contributed by atoms with Gasteiger partial charge in [-0.25, -0.2) is 4.79 Å². The van der Waals surface area contributed by atoms with E-state index in [1.54, 1.807) is 6.82 Å². The first-order chi connectivity index (χ1) is 13.3. The first kappa shape index (κ1) is 19.4. The summed E-state index contributed by atoms with van der Waals surface area (Å²) in [5, 5.41) is 0. The third kappa shape index (κ3) is 3.23. The third-order valence-electron chi connectivity index (χ3n) is 6.52. The van der Waals surface area contributed by atoms with Crippen molar-refractivity contribution < 1.29 is 18.8 Å². The molecule has 0 radical (unpaired) electrons. The van der Waals surface area contributed by atoms with Crippen LogP contribution in [0.4, 0.5) is 0 Å². The minimum atomic E-state index is -0.572. The number of hydrogen-bond acceptors (Lipinski definition) is 4. The summed E-state index contributed by atoms with van der Waals surface area (Å²) in [6, 6.07) is 2.08. The highest BCUT2D eigenvalue weighted by molar-refractivity contribution is 6.47. The monoisotopic (exact) mass is 382 g/mol. The van der Waals surface area contributed by atoms with Gasteiger partial charge in [0.2, 0.25) is 0 Å². The van der Waals surface area contributed by atoms with Crippen LogP contribution in [0.5, 0.6) is 11.5 Å². The van der Waals surface area contributed by atoms with Gasteiger partial charge in [-0.1, -0.05) is 31.4 Å². The minimum absolute atomic E-state index is 0.212. The van der Waals surface area contributed by atoms with Crippen LogP contribution in [0, 0.1) is 5.92 Å². The highest BCUT2D eigenvalue weighted by Gasteiger charge is 2.47. The quantitative estimate of drug-likeness (QED) is 0.381. The molecule has 1 aliphatic carbocycles. The molecule has 0 aromatic heterocycles. The summed E-state index contributed by atoms with van der Waals surface area (Å²) < 4.78 is 18.1. The Hall–Kier alpha value is -1.91. The van der Waals surface area contributed by atoms with Gasteiger partial charge in [0.1, 0.15) is 22.7 Å². The molecule has 5 heteroatoms. The van der Waals surface area contributed by atoms with Gasteiger partial charge in [0.25, 0.3) is 0 Å². The van der Waals surface area contributed by atoms with Crippen LogP contribution < -0.4 is 9.39 Å². The van der Waals surface area contributed by atoms with Gasteiger partial charge < -0.3 is 14.0 Å². The molecule has 1 aromatic carbocycles. The van der Waals surface area contributed by atoms with E-state index in [1.165, 1.54) is 5.57 Å². The number of ether oxygens (including phenoxy) is 1. The number of rotatable bonds is 4. The largest absolute Gasteiger partial charge is 0.593 e. The van der Waals surface area contributed by atoms with E-state index in [0.717, 1.165) is 55.4 Å². The van der Waals surface area contributed by atoms with E-state index in [9.17, 15) is 4.79 Å². The van der Waals surface area contributed by atoms with E-state index in [1.807, 2.05) is 0 Å². The van der Waals surface area contributed by atoms with E-state index < -0.39 is 7.12 Å². The van der Waals surface area contributed by atoms with E-state index in [2.05, 4.69) is 39.8 Å². The summed E-state index contributed by atoms with van der Waals surface area (Å²) in [6.45, 7) is 10.5. The standard InChI is InChI=1S/C23H31BO4/c1-6-7-8-9-15-13-18-20(21-19(15)22(25)28-24(5)27-21)16-12-14(2)10-11-17(16)23(3,4)26-18/h12-13,16-17H,6-11H2,1-5H3. The van der Waals surface area contributed by atoms with Crippen molar-refractivity contribution in [2.24, 2.45) is 5.92 Å². The molecule has 4 nitrogen and oxygen atoms in total. The van der Waals surface area contributed by atoms with E-state index in [-0.39, 0.29) is 17.5 Å². The maximum absolute atomic E-state index is 12.8. The van der Waals surface area contributed by atoms with Crippen LogP contribution in [0.25, 0.3) is 0 Å². The number of allylic oxidation sites excluding steroid dienone is 2. The minimum Gasteiger partial charge on any atom is -0.525 e. The van der Waals surface area contributed by atoms with Crippen molar-refractivity contribution in [3.63, 3.8) is 0 Å². The second-order valence-corrected chi connectivity index (χ2v) is 9.09. The van der Waals surface area contributed by atoms with Gasteiger partial charge >= 0.3 is 13.1 Å². The molecule has 1 aromatic rings. The van der Waals surface area contributed by atoms with Crippen molar-refractivity contribution in [2.45, 2.75) is 84.6 Å². The molecule has 0 bridgehead atoms. The molecule has 0 saturated heterocycles. The number of carbonyl (C=O) groups excluding carboxylic acids is 1. The molecular weight excluding hydrogens is 351 g/mol. The van der Waals surface area contributed by atoms with Gasteiger partial charge in [0, 0.05) is 17.4 Å². The number of hydrogen-bond donors (Lipinski definition) is 0. The van der Waals surface area contributed by atoms with Gasteiger partial charge in [-0.15, -0.1) is 0 Å². The Bertz CT molecular complexity index is 826. The fourth-order valence-electron chi connectivity index (χ4n) is 5.10. The lowest BCUT2D eigenvalue weighted by Crippen LogP contribution is -2.46. The normalized spacial score (nSPS) is 24.8. The molecule has 28 heavy (non-hydrogen) atoms. The van der Waals surface area contributed by atoms with Crippen LogP contribution in [0.2, 0.25) is 6.82 Å². The lowest BCUT2D eigenvalue weighted by molar-refractivity contribution is 0.0107. The maximum atomic E-state index is 12.8. The zero-order chi connectivity index (χ0) is 20.1. The summed E-state index contributed by atoms with van der Waals surface area (Å²) >= 11 is 0. The maximum Gasteiger partial charge on any atom is 0.593 e. The van der Waals surface area contributed by atoms with Crippen molar-refractivity contribution in [3.05, 3.63) is 34.4 Å². The van der Waals surface area contributed by atoms with Gasteiger partial charge in [0.05, 0.1) is 0 Å². The SMILES string of the molecule is CCCCCc1cc2c(c3c1C(=O)OB(C)O3)C1C=C(C)CCC1C(C)(C)O2. The Balaban J connectivity index is 1.90. The summed E-state index contributed by atoms with van der Waals surface area (Å²) in [5.74, 6) is 1.90. The molecule has 3 aliphatic rings. The molecule has 0 spiro atoms. The third-order valence-corrected chi connectivity index (χ3v) is 6.52. The second-order valence-electron chi connectivity index (χ2n) is 9.09. The average Bonchev–Trinajstić information content (AvgIpc) is 2.60. The first-order valence-corrected chi connectivity index (χ1v) is 10.8. The summed E-state index contributed by atoms with van der Waals surface area (Å²) in [4.78, 5) is 12.8. The van der Waals surface area contributed by atoms with Crippen LogP contribution in [0.1, 0.15) is 87.2 Å². The highest BCUT2D eigenvalue weighted by Crippen LogP contribution is 2.55. The van der Waals surface area contributed by atoms with Crippen molar-refractivity contribution in [3.8, 4) is 11.5 Å². The Morgan fingerprint density at radius 1 is 1.25 bits per heavy atom. The molecule has 150 valence electrons. The van der Waals surface area contributed by atoms with Gasteiger partial charge in [-0.2, -0.15) is 0 Å². The second kappa shape index (κ2) is 7.16. The van der Waals surface area contributed by atoms with E-state index in [4.69, 9.17) is 14.0 Å². The molecule has 0 amide bonds. The molecule has 2 atom stereocenters. The van der Waals surface area contributed by atoms with Crippen LogP contribution >= 0.6 is 0 Å². The molecule has 2 unspecified atom stereocenters. The lowest BCUT2D eigenvalue weighted by atomic mass is 9.67. The van der Waals surface area contributed by atoms with Crippen molar-refractivity contribution in [1.82, 2.24) is 0 Å². The molecule has 0 saturated carbocycles. The Morgan fingerprint density at radius 3 is 2.79 bits per heavy atom. The Morgan fingerprint density at radius 2 is 2.04 bits per heavy atom. The van der Waals surface area contributed by atoms with Crippen LogP contribution in [-0.4, -0.2) is 18.7 Å². The lowest BCUT2D eigenvalue weighted by Gasteiger charge is -2.47. The number of fused-ring (bicyclic) bond motifs is 5. The summed E-state index contributed by atoms with van der Waals surface area (Å²) in [5.41, 5.74) is 3.81. The molecule has 0 N–H and O–H groups in total. The van der Waals surface area contributed by atoms with E-state index in [0.29, 0.717) is 17.2 Å². The van der Waals surface area contributed by atoms with E-state index >= 15 is 0 Å². The predicted molar refractivity (Wildman–Crippen MR) is 111 cm³/mol. The van der Waals surface area contributed by atoms with Crippen LogP contribution in [0.3, 0.4) is 0 Å². The first-order valence-electron chi connectivity index (χ1n) is 10.8. The smallest absolute Gasteiger partial charge is 0.525 e. The van der Waals surface area contributed by atoms with Crippen molar-refractivity contribution in [1.29, 1.82) is 0 Å². The zero-order valence-corrected chi connectivity index (χ0v) is 17.8. The fraction of sp³-hybridized carbons (Fsp3) is 0.609. The number of benzene rings is 1. The number of unbranched alkanes of at least 4 members (excludes halogenated alkanes) is 2. The van der Waals surface area contributed by atoms with Gasteiger partial charge in [-0.3, -0.25) is 0 Å². The number of aryl methyl sites for hydroxylation is 1. The molecule has 2 heterocycles. The Kier molecular flexibility index (Phi) is 4.97.